The van der Waals surface area contributed by atoms with Crippen molar-refractivity contribution in [3.63, 3.8) is 0 Å². The molecular formula is C110H120F2Ir6N6O12S4-6. The first-order valence-corrected chi connectivity index (χ1v) is 47.0. The summed E-state index contributed by atoms with van der Waals surface area (Å²) in [6, 6.07) is 109. The van der Waals surface area contributed by atoms with Gasteiger partial charge in [0.15, 0.2) is 0 Å². The number of hydrogen-bond acceptors (Lipinski definition) is 22. The molecule has 18 nitrogen and oxygen atoms in total. The minimum Gasteiger partial charge on any atom is -0.393 e. The number of rotatable bonds is 20. The third-order valence-electron chi connectivity index (χ3n) is 17.8. The number of aliphatic hydroxyl groups is 12. The van der Waals surface area contributed by atoms with Crippen molar-refractivity contribution in [2.45, 2.75) is 181 Å². The van der Waals surface area contributed by atoms with Crippen LogP contribution in [0.5, 0.6) is 0 Å². The molecule has 10 heterocycles. The van der Waals surface area contributed by atoms with Crippen molar-refractivity contribution in [2.24, 2.45) is 0 Å². The van der Waals surface area contributed by atoms with Crippen LogP contribution in [0.1, 0.15) is 131 Å². The third kappa shape index (κ3) is 56.0. The monoisotopic (exact) mass is 3040 g/mol. The van der Waals surface area contributed by atoms with E-state index < -0.39 is 23.8 Å². The van der Waals surface area contributed by atoms with Crippen molar-refractivity contribution in [3.05, 3.63) is 387 Å². The van der Waals surface area contributed by atoms with Crippen LogP contribution in [0.3, 0.4) is 0 Å². The van der Waals surface area contributed by atoms with Gasteiger partial charge in [-0.2, -0.15) is 12.1 Å². The van der Waals surface area contributed by atoms with E-state index in [-0.39, 0.29) is 187 Å². The van der Waals surface area contributed by atoms with Crippen molar-refractivity contribution < 1.29 is 191 Å². The zero-order valence-electron chi connectivity index (χ0n) is 78.8. The number of aromatic nitrogens is 6. The zero-order valence-corrected chi connectivity index (χ0v) is 96.4. The third-order valence-corrected chi connectivity index (χ3v) is 21.9. The van der Waals surface area contributed by atoms with E-state index in [0.29, 0.717) is 44.2 Å². The van der Waals surface area contributed by atoms with Gasteiger partial charge in [-0.05, 0) is 195 Å². The minimum atomic E-state index is -0.649. The van der Waals surface area contributed by atoms with Crippen LogP contribution in [-0.4, -0.2) is 152 Å². The fourth-order valence-corrected chi connectivity index (χ4v) is 15.6. The second-order valence-electron chi connectivity index (χ2n) is 30.9. The van der Waals surface area contributed by atoms with Gasteiger partial charge < -0.3 is 91.2 Å². The Bertz CT molecular complexity index is 5310. The van der Waals surface area contributed by atoms with E-state index in [2.05, 4.69) is 121 Å². The second kappa shape index (κ2) is 76.9. The zero-order chi connectivity index (χ0) is 97.4. The fourth-order valence-electron chi connectivity index (χ4n) is 12.0. The first kappa shape index (κ1) is 132. The summed E-state index contributed by atoms with van der Waals surface area (Å²) in [5, 5.41) is 111. The number of pyridine rings is 6. The number of fused-ring (bicyclic) bond motifs is 3. The first-order chi connectivity index (χ1) is 64.4. The van der Waals surface area contributed by atoms with Gasteiger partial charge in [0.2, 0.25) is 0 Å². The Kier molecular flexibility index (Phi) is 72.6. The van der Waals surface area contributed by atoms with Crippen LogP contribution in [0.4, 0.5) is 8.78 Å². The molecular weight excluding hydrogens is 2920 g/mol. The van der Waals surface area contributed by atoms with Crippen LogP contribution < -0.4 is 0 Å². The summed E-state index contributed by atoms with van der Waals surface area (Å²) < 4.78 is 29.6. The van der Waals surface area contributed by atoms with Crippen LogP contribution in [0.15, 0.2) is 328 Å². The van der Waals surface area contributed by atoms with Crippen LogP contribution in [0.25, 0.3) is 95.1 Å². The number of nitrogens with zero attached hydrogens (tertiary/aromatic N) is 6. The van der Waals surface area contributed by atoms with Crippen LogP contribution >= 0.6 is 45.3 Å². The fraction of sp³-hybridized carbons (Fsp3) is 0.255. The average Bonchev–Trinajstić information content (AvgIpc) is 1.69. The van der Waals surface area contributed by atoms with Gasteiger partial charge in [-0.3, -0.25) is 8.78 Å². The van der Waals surface area contributed by atoms with Crippen molar-refractivity contribution in [1.29, 1.82) is 0 Å². The molecule has 0 fully saturated rings. The summed E-state index contributed by atoms with van der Waals surface area (Å²) in [5.41, 5.74) is 8.32. The van der Waals surface area contributed by atoms with Gasteiger partial charge in [0.05, 0.1) is 73.2 Å². The molecule has 0 aliphatic heterocycles. The second-order valence-corrected chi connectivity index (χ2v) is 35.0. The maximum atomic E-state index is 13.2. The van der Waals surface area contributed by atoms with Gasteiger partial charge in [0, 0.05) is 193 Å². The van der Waals surface area contributed by atoms with Crippen molar-refractivity contribution in [3.8, 4) is 64.8 Å². The molecule has 30 heteroatoms. The Morgan fingerprint density at radius 2 is 0.543 bits per heavy atom. The Balaban J connectivity index is 0.00000152. The normalized spacial score (nSPS) is 12.5. The van der Waals surface area contributed by atoms with E-state index >= 15 is 0 Å². The summed E-state index contributed by atoms with van der Waals surface area (Å²) in [6.07, 6.45) is 8.23. The SMILES string of the molecule is CC(O)CC(C)O.CC(O)CC(C)O.CC(O)CC(C)O.CC(O)CC(C)O.CC(O)CC(C)O.Fc1c[c-]c(-c2ccccn2)c(F)c1.OC(CC(O)c1ccccc1)c1ccccc1.[Ir].[Ir].[Ir].[Ir].[Ir].[Ir].[c-]1c(-c2ccccn2)sc2ccccc12.[c-]1c(-c2ccccn2)sc2ccccc12.[c-]1c(-c2ccccn2)sc2ccccc12.[c-]1ccccc1-c1ccccn1.[c-]1ccsc1-c1ccccn1. The van der Waals surface area contributed by atoms with E-state index in [9.17, 15) is 19.0 Å². The van der Waals surface area contributed by atoms with Crippen LogP contribution in [-0.2, 0) is 121 Å². The molecule has 140 heavy (non-hydrogen) atoms. The molecule has 0 aliphatic rings. The van der Waals surface area contributed by atoms with Crippen molar-refractivity contribution >= 4 is 75.6 Å². The maximum absolute atomic E-state index is 13.2. The molecule has 10 aromatic heterocycles. The van der Waals surface area contributed by atoms with Crippen LogP contribution in [0, 0.1) is 48.0 Å². The largest absolute Gasteiger partial charge is 0.393 e. The maximum Gasteiger partial charge on any atom is 0.0818 e. The van der Waals surface area contributed by atoms with E-state index in [1.807, 2.05) is 224 Å². The topological polar surface area (TPSA) is 320 Å². The Morgan fingerprint density at radius 3 is 0.793 bits per heavy atom. The molecule has 6 radical (unpaired) electrons. The average molecular weight is 3040 g/mol. The van der Waals surface area contributed by atoms with Crippen molar-refractivity contribution in [1.82, 2.24) is 29.9 Å². The minimum absolute atomic E-state index is 0. The van der Waals surface area contributed by atoms with Gasteiger partial charge >= 0.3 is 0 Å². The molecule has 0 saturated heterocycles. The molecule has 17 aromatic rings. The molecule has 12 atom stereocenters. The van der Waals surface area contributed by atoms with Gasteiger partial charge in [-0.25, -0.2) is 45.3 Å². The standard InChI is InChI=1S/C15H16O2.3C13H8NS.C11H6F2N.C11H8N.C9H6NS.5C5H12O2.6Ir/c16-14(12-7-3-1-4-8-12)11-15(17)13-9-5-2-6-10-13;3*1-2-7-12-10(5-1)9-13(15-12)11-6-3-4-8-14-11;12-8-4-5-9(10(13)7-8)11-3-1-2-6-14-11;1-2-6-10(7-3-1)11-8-4-5-9-12-11;1-2-6-10-8(4-1)9-5-3-7-11-9;5*1-4(6)3-5(2)7;;;;;;/h1-10,14-17H,11H2;3*1-8H;1-4,6-7H;1-6,8-9H;1-4,6-7H;5*4-7H,3H2,1-2H3;;;;;;/q;6*-1;;;;;;;;;;;. The summed E-state index contributed by atoms with van der Waals surface area (Å²) in [4.78, 5) is 29.8. The molecule has 0 aliphatic carbocycles. The number of aliphatic hydroxyl groups excluding tert-OH is 12. The van der Waals surface area contributed by atoms with Crippen LogP contribution in [0.2, 0.25) is 0 Å². The van der Waals surface area contributed by atoms with Gasteiger partial charge in [0.25, 0.3) is 0 Å². The number of hydrogen-bond donors (Lipinski definition) is 12. The predicted molar refractivity (Wildman–Crippen MR) is 542 cm³/mol. The molecule has 12 unspecified atom stereocenters. The van der Waals surface area contributed by atoms with Gasteiger partial charge in [-0.15, -0.1) is 124 Å². The van der Waals surface area contributed by atoms with Gasteiger partial charge in [-0.1, -0.05) is 186 Å². The molecule has 12 N–H and O–H groups in total. The number of halogens is 2. The van der Waals surface area contributed by atoms with E-state index in [4.69, 9.17) is 51.1 Å². The summed E-state index contributed by atoms with van der Waals surface area (Å²) in [7, 11) is 0. The van der Waals surface area contributed by atoms with E-state index in [0.717, 1.165) is 76.8 Å². The molecule has 0 spiro atoms. The molecule has 17 rings (SSSR count). The molecule has 0 bridgehead atoms. The smallest absolute Gasteiger partial charge is 0.0818 e. The summed E-state index contributed by atoms with van der Waals surface area (Å²) in [6.45, 7) is 16.6. The predicted octanol–water partition coefficient (Wildman–Crippen LogP) is 22.8. The van der Waals surface area contributed by atoms with Gasteiger partial charge in [0.1, 0.15) is 0 Å². The Labute approximate surface area is 919 Å². The number of thiophene rings is 4. The summed E-state index contributed by atoms with van der Waals surface area (Å²) >= 11 is 6.85. The molecule has 7 aromatic carbocycles. The molecule has 0 saturated carbocycles. The van der Waals surface area contributed by atoms with E-state index in [1.165, 1.54) is 30.3 Å². The first-order valence-electron chi connectivity index (χ1n) is 43.7. The number of benzene rings is 7. The Morgan fingerprint density at radius 1 is 0.271 bits per heavy atom. The summed E-state index contributed by atoms with van der Waals surface area (Å²) in [5.74, 6) is -1.29. The molecule has 760 valence electrons. The molecule has 0 amide bonds. The van der Waals surface area contributed by atoms with Crippen molar-refractivity contribution in [2.75, 3.05) is 0 Å². The van der Waals surface area contributed by atoms with E-state index in [1.54, 1.807) is 151 Å². The quantitative estimate of drug-likeness (QED) is 0.0316. The Hall–Kier alpha value is -7.70.